The highest BCUT2D eigenvalue weighted by atomic mass is 16.6. The Morgan fingerprint density at radius 1 is 1.50 bits per heavy atom. The van der Waals surface area contributed by atoms with Gasteiger partial charge in [0.05, 0.1) is 22.7 Å². The molecule has 0 saturated heterocycles. The second kappa shape index (κ2) is 3.29. The highest BCUT2D eigenvalue weighted by molar-refractivity contribution is 5.52. The van der Waals surface area contributed by atoms with Gasteiger partial charge in [-0.3, -0.25) is 10.1 Å². The maximum Gasteiger partial charge on any atom is 0.238 e. The number of rotatable bonds is 2. The molecule has 0 atom stereocenters. The minimum absolute atomic E-state index is 0.510. The molecule has 14 heavy (non-hydrogen) atoms. The first-order chi connectivity index (χ1) is 6.77. The summed E-state index contributed by atoms with van der Waals surface area (Å²) >= 11 is 0. The van der Waals surface area contributed by atoms with Crippen LogP contribution in [0.3, 0.4) is 0 Å². The van der Waals surface area contributed by atoms with Gasteiger partial charge in [0.1, 0.15) is 5.82 Å². The highest BCUT2D eigenvalue weighted by Crippen LogP contribution is 2.07. The lowest BCUT2D eigenvalue weighted by Crippen LogP contribution is -1.88. The van der Waals surface area contributed by atoms with Crippen LogP contribution in [0.2, 0.25) is 0 Å². The lowest BCUT2D eigenvalue weighted by atomic mass is 10.4. The second-order valence-electron chi connectivity index (χ2n) is 2.71. The average molecular weight is 189 g/mol. The van der Waals surface area contributed by atoms with Crippen molar-refractivity contribution < 1.29 is 4.92 Å². The third kappa shape index (κ3) is 1.47. The van der Waals surface area contributed by atoms with Crippen molar-refractivity contribution in [3.05, 3.63) is 52.7 Å². The fourth-order valence-corrected chi connectivity index (χ4v) is 1.22. The molecule has 0 aliphatic carbocycles. The molecular weight excluding hydrogens is 182 g/mol. The Hall–Kier alpha value is -2.17. The minimum Gasteiger partial charge on any atom is -0.300 e. The predicted molar refractivity (Wildman–Crippen MR) is 51.2 cm³/mol. The zero-order valence-electron chi connectivity index (χ0n) is 7.20. The van der Waals surface area contributed by atoms with E-state index in [2.05, 4.69) is 4.98 Å². The van der Waals surface area contributed by atoms with Crippen LogP contribution >= 0.6 is 0 Å². The van der Waals surface area contributed by atoms with Crippen LogP contribution in [0, 0.1) is 10.1 Å². The molecule has 70 valence electrons. The Kier molecular flexibility index (Phi) is 1.98. The van der Waals surface area contributed by atoms with Gasteiger partial charge < -0.3 is 4.40 Å². The third-order valence-electron chi connectivity index (χ3n) is 1.81. The maximum atomic E-state index is 10.1. The standard InChI is InChI=1S/C9H7N3O2/c13-12(14)6-4-9-10-7-8-3-1-2-5-11(8)9/h1-7H/b6-4+. The molecular formula is C9H7N3O2. The van der Waals surface area contributed by atoms with Crippen LogP contribution in [0.25, 0.3) is 11.6 Å². The number of imidazole rings is 1. The molecule has 0 spiro atoms. The van der Waals surface area contributed by atoms with E-state index in [0.29, 0.717) is 5.82 Å². The molecule has 0 N–H and O–H groups in total. The van der Waals surface area contributed by atoms with Crippen LogP contribution < -0.4 is 0 Å². The van der Waals surface area contributed by atoms with Crippen LogP contribution in [0.5, 0.6) is 0 Å². The molecule has 0 radical (unpaired) electrons. The SMILES string of the molecule is O=[N+]([O-])/C=C/c1ncc2ccccn12. The smallest absolute Gasteiger partial charge is 0.238 e. The second-order valence-corrected chi connectivity index (χ2v) is 2.71. The summed E-state index contributed by atoms with van der Waals surface area (Å²) in [5.41, 5.74) is 0.912. The molecule has 0 amide bonds. The Morgan fingerprint density at radius 2 is 2.36 bits per heavy atom. The fraction of sp³-hybridized carbons (Fsp3) is 0. The first kappa shape index (κ1) is 8.43. The van der Waals surface area contributed by atoms with E-state index in [1.807, 2.05) is 24.4 Å². The fourth-order valence-electron chi connectivity index (χ4n) is 1.22. The van der Waals surface area contributed by atoms with E-state index in [1.165, 1.54) is 6.08 Å². The molecule has 2 aromatic rings. The molecule has 0 saturated carbocycles. The van der Waals surface area contributed by atoms with Crippen molar-refractivity contribution in [1.29, 1.82) is 0 Å². The summed E-state index contributed by atoms with van der Waals surface area (Å²) in [5, 5.41) is 10.1. The van der Waals surface area contributed by atoms with Gasteiger partial charge in [-0.25, -0.2) is 4.98 Å². The van der Waals surface area contributed by atoms with E-state index in [1.54, 1.807) is 10.6 Å². The predicted octanol–water partition coefficient (Wildman–Crippen LogP) is 1.58. The van der Waals surface area contributed by atoms with Gasteiger partial charge in [-0.05, 0) is 12.1 Å². The van der Waals surface area contributed by atoms with Crippen molar-refractivity contribution in [1.82, 2.24) is 9.38 Å². The minimum atomic E-state index is -0.510. The molecule has 0 fully saturated rings. The first-order valence-electron chi connectivity index (χ1n) is 4.01. The molecule has 5 nitrogen and oxygen atoms in total. The summed E-state index contributed by atoms with van der Waals surface area (Å²) in [5.74, 6) is 0.553. The highest BCUT2D eigenvalue weighted by Gasteiger charge is 1.99. The van der Waals surface area contributed by atoms with Crippen molar-refractivity contribution in [2.24, 2.45) is 0 Å². The van der Waals surface area contributed by atoms with Crippen molar-refractivity contribution in [3.8, 4) is 0 Å². The molecule has 0 aliphatic rings. The van der Waals surface area contributed by atoms with E-state index in [4.69, 9.17) is 0 Å². The van der Waals surface area contributed by atoms with Gasteiger partial charge in [-0.1, -0.05) is 6.07 Å². The normalized spacial score (nSPS) is 11.1. The Bertz CT molecular complexity index is 501. The van der Waals surface area contributed by atoms with E-state index in [0.717, 1.165) is 11.7 Å². The molecule has 0 unspecified atom stereocenters. The van der Waals surface area contributed by atoms with Gasteiger partial charge in [-0.15, -0.1) is 0 Å². The Morgan fingerprint density at radius 3 is 3.14 bits per heavy atom. The van der Waals surface area contributed by atoms with Crippen molar-refractivity contribution in [2.75, 3.05) is 0 Å². The molecule has 5 heteroatoms. The van der Waals surface area contributed by atoms with Gasteiger partial charge in [0.15, 0.2) is 0 Å². The third-order valence-corrected chi connectivity index (χ3v) is 1.81. The quantitative estimate of drug-likeness (QED) is 0.532. The Labute approximate surface area is 79.5 Å². The summed E-state index contributed by atoms with van der Waals surface area (Å²) < 4.78 is 1.78. The lowest BCUT2D eigenvalue weighted by molar-refractivity contribution is -0.401. The summed E-state index contributed by atoms with van der Waals surface area (Å²) in [6.07, 6.45) is 5.72. The van der Waals surface area contributed by atoms with Crippen LogP contribution in [-0.2, 0) is 0 Å². The number of aromatic nitrogens is 2. The van der Waals surface area contributed by atoms with Crippen LogP contribution in [0.15, 0.2) is 36.8 Å². The number of fused-ring (bicyclic) bond motifs is 1. The summed E-state index contributed by atoms with van der Waals surface area (Å²) in [7, 11) is 0. The number of hydrogen-bond donors (Lipinski definition) is 0. The van der Waals surface area contributed by atoms with Gasteiger partial charge >= 0.3 is 0 Å². The van der Waals surface area contributed by atoms with Crippen LogP contribution in [0.1, 0.15) is 5.82 Å². The van der Waals surface area contributed by atoms with E-state index in [9.17, 15) is 10.1 Å². The lowest BCUT2D eigenvalue weighted by Gasteiger charge is -1.92. The average Bonchev–Trinajstić information content (AvgIpc) is 2.58. The van der Waals surface area contributed by atoms with E-state index >= 15 is 0 Å². The molecule has 2 aromatic heterocycles. The Balaban J connectivity index is 2.48. The zero-order chi connectivity index (χ0) is 9.97. The monoisotopic (exact) mass is 189 g/mol. The zero-order valence-corrected chi connectivity index (χ0v) is 7.20. The summed E-state index contributed by atoms with van der Waals surface area (Å²) in [6.45, 7) is 0. The van der Waals surface area contributed by atoms with Crippen LogP contribution in [-0.4, -0.2) is 14.3 Å². The van der Waals surface area contributed by atoms with Gasteiger partial charge in [0.25, 0.3) is 0 Å². The molecule has 0 aliphatic heterocycles. The molecule has 2 rings (SSSR count). The van der Waals surface area contributed by atoms with Crippen LogP contribution in [0.4, 0.5) is 0 Å². The summed E-state index contributed by atoms with van der Waals surface area (Å²) in [4.78, 5) is 13.6. The number of hydrogen-bond acceptors (Lipinski definition) is 3. The van der Waals surface area contributed by atoms with E-state index < -0.39 is 4.92 Å². The molecule has 0 bridgehead atoms. The maximum absolute atomic E-state index is 10.1. The summed E-state index contributed by atoms with van der Waals surface area (Å²) in [6, 6.07) is 5.62. The topological polar surface area (TPSA) is 60.4 Å². The van der Waals surface area contributed by atoms with Crippen molar-refractivity contribution in [3.63, 3.8) is 0 Å². The molecule has 2 heterocycles. The molecule has 0 aromatic carbocycles. The largest absolute Gasteiger partial charge is 0.300 e. The first-order valence-corrected chi connectivity index (χ1v) is 4.01. The van der Waals surface area contributed by atoms with Gasteiger partial charge in [0.2, 0.25) is 6.20 Å². The van der Waals surface area contributed by atoms with Crippen molar-refractivity contribution >= 4 is 11.6 Å². The number of nitrogens with zero attached hydrogens (tertiary/aromatic N) is 3. The van der Waals surface area contributed by atoms with E-state index in [-0.39, 0.29) is 0 Å². The number of nitro groups is 1. The van der Waals surface area contributed by atoms with Crippen molar-refractivity contribution in [2.45, 2.75) is 0 Å². The van der Waals surface area contributed by atoms with Gasteiger partial charge in [0, 0.05) is 6.20 Å². The van der Waals surface area contributed by atoms with Gasteiger partial charge in [-0.2, -0.15) is 0 Å². The number of pyridine rings is 1.